The van der Waals surface area contributed by atoms with E-state index in [1.54, 1.807) is 12.1 Å². The maximum atomic E-state index is 11.6. The van der Waals surface area contributed by atoms with Gasteiger partial charge in [0.15, 0.2) is 0 Å². The van der Waals surface area contributed by atoms with E-state index in [0.717, 1.165) is 6.42 Å². The van der Waals surface area contributed by atoms with Crippen LogP contribution in [0, 0.1) is 11.8 Å². The molecule has 2 rings (SSSR count). The molecule has 0 bridgehead atoms. The quantitative estimate of drug-likeness (QED) is 0.816. The van der Waals surface area contributed by atoms with Crippen molar-refractivity contribution in [1.82, 2.24) is 0 Å². The molecule has 1 saturated carbocycles. The third-order valence-electron chi connectivity index (χ3n) is 2.85. The number of carbonyl (C=O) groups excluding carboxylic acids is 1. The van der Waals surface area contributed by atoms with Crippen molar-refractivity contribution in [2.75, 3.05) is 5.32 Å². The van der Waals surface area contributed by atoms with E-state index in [-0.39, 0.29) is 17.4 Å². The summed E-state index contributed by atoms with van der Waals surface area (Å²) in [6.07, 6.45) is 0.943. The van der Waals surface area contributed by atoms with E-state index in [1.165, 1.54) is 12.1 Å². The number of nitrogens with one attached hydrogen (secondary N) is 1. The fourth-order valence-corrected chi connectivity index (χ4v) is 1.62. The first-order valence-corrected chi connectivity index (χ1v) is 5.22. The number of amides is 1. The first-order valence-electron chi connectivity index (χ1n) is 5.22. The molecule has 84 valence electrons. The Morgan fingerprint density at radius 1 is 1.31 bits per heavy atom. The lowest BCUT2D eigenvalue weighted by Gasteiger charge is -2.04. The van der Waals surface area contributed by atoms with E-state index in [1.807, 2.05) is 6.92 Å². The van der Waals surface area contributed by atoms with Crippen molar-refractivity contribution in [3.05, 3.63) is 29.8 Å². The summed E-state index contributed by atoms with van der Waals surface area (Å²) in [5.41, 5.74) is 0.867. The monoisotopic (exact) mass is 219 g/mol. The summed E-state index contributed by atoms with van der Waals surface area (Å²) in [4.78, 5) is 22.2. The van der Waals surface area contributed by atoms with Gasteiger partial charge in [-0.15, -0.1) is 0 Å². The smallest absolute Gasteiger partial charge is 0.335 e. The Bertz CT molecular complexity index is 424. The third-order valence-corrected chi connectivity index (χ3v) is 2.85. The molecule has 2 N–H and O–H groups in total. The third kappa shape index (κ3) is 2.21. The van der Waals surface area contributed by atoms with Gasteiger partial charge in [0.1, 0.15) is 0 Å². The van der Waals surface area contributed by atoms with Crippen LogP contribution in [0.3, 0.4) is 0 Å². The predicted octanol–water partition coefficient (Wildman–Crippen LogP) is 1.98. The molecule has 16 heavy (non-hydrogen) atoms. The molecule has 2 atom stereocenters. The van der Waals surface area contributed by atoms with Crippen LogP contribution in [0.1, 0.15) is 23.7 Å². The van der Waals surface area contributed by atoms with Crippen LogP contribution in [-0.2, 0) is 4.79 Å². The molecule has 4 heteroatoms. The van der Waals surface area contributed by atoms with Crippen molar-refractivity contribution in [3.63, 3.8) is 0 Å². The summed E-state index contributed by atoms with van der Waals surface area (Å²) < 4.78 is 0. The normalized spacial score (nSPS) is 22.6. The lowest BCUT2D eigenvalue weighted by Crippen LogP contribution is -2.14. The first-order chi connectivity index (χ1) is 7.58. The minimum atomic E-state index is -0.964. The number of carboxylic acids is 1. The summed E-state index contributed by atoms with van der Waals surface area (Å²) in [5.74, 6) is -0.346. The van der Waals surface area contributed by atoms with Crippen LogP contribution in [0.4, 0.5) is 5.69 Å². The highest BCUT2D eigenvalue weighted by Gasteiger charge is 2.38. The van der Waals surface area contributed by atoms with Crippen LogP contribution in [0.25, 0.3) is 0 Å². The van der Waals surface area contributed by atoms with Gasteiger partial charge in [-0.25, -0.2) is 4.79 Å². The minimum Gasteiger partial charge on any atom is -0.478 e. The highest BCUT2D eigenvalue weighted by atomic mass is 16.4. The van der Waals surface area contributed by atoms with Gasteiger partial charge in [-0.3, -0.25) is 4.79 Å². The van der Waals surface area contributed by atoms with Crippen LogP contribution >= 0.6 is 0 Å². The summed E-state index contributed by atoms with van der Waals surface area (Å²) in [5, 5.41) is 11.5. The Balaban J connectivity index is 2.00. The molecule has 0 radical (unpaired) electrons. The van der Waals surface area contributed by atoms with Crippen LogP contribution in [0.5, 0.6) is 0 Å². The molecule has 1 aromatic carbocycles. The molecule has 1 fully saturated rings. The maximum absolute atomic E-state index is 11.6. The van der Waals surface area contributed by atoms with Crippen molar-refractivity contribution in [3.8, 4) is 0 Å². The number of carbonyl (C=O) groups is 2. The summed E-state index contributed by atoms with van der Waals surface area (Å²) >= 11 is 0. The van der Waals surface area contributed by atoms with Gasteiger partial charge in [-0.05, 0) is 36.6 Å². The van der Waals surface area contributed by atoms with Gasteiger partial charge < -0.3 is 10.4 Å². The van der Waals surface area contributed by atoms with Crippen LogP contribution < -0.4 is 5.32 Å². The van der Waals surface area contributed by atoms with E-state index in [4.69, 9.17) is 5.11 Å². The summed E-state index contributed by atoms with van der Waals surface area (Å²) in [7, 11) is 0. The second-order valence-corrected chi connectivity index (χ2v) is 4.19. The largest absolute Gasteiger partial charge is 0.478 e. The zero-order chi connectivity index (χ0) is 11.7. The zero-order valence-electron chi connectivity index (χ0n) is 8.93. The lowest BCUT2D eigenvalue weighted by molar-refractivity contribution is -0.117. The molecular formula is C12H13NO3. The summed E-state index contributed by atoms with van der Waals surface area (Å²) in [6.45, 7) is 2.04. The van der Waals surface area contributed by atoms with Crippen LogP contribution in [0.2, 0.25) is 0 Å². The standard InChI is InChI=1S/C12H13NO3/c1-7-6-10(7)11(14)13-9-4-2-8(3-5-9)12(15)16/h2-5,7,10H,6H2,1H3,(H,13,14)(H,15,16). The molecule has 0 heterocycles. The van der Waals surface area contributed by atoms with E-state index in [2.05, 4.69) is 5.32 Å². The number of benzene rings is 1. The topological polar surface area (TPSA) is 66.4 Å². The van der Waals surface area contributed by atoms with E-state index in [9.17, 15) is 9.59 Å². The Hall–Kier alpha value is -1.84. The number of anilines is 1. The molecular weight excluding hydrogens is 206 g/mol. The molecule has 0 aromatic heterocycles. The molecule has 0 saturated heterocycles. The molecule has 2 unspecified atom stereocenters. The van der Waals surface area contributed by atoms with Gasteiger partial charge >= 0.3 is 5.97 Å². The fourth-order valence-electron chi connectivity index (χ4n) is 1.62. The Labute approximate surface area is 93.3 Å². The Morgan fingerprint density at radius 3 is 2.31 bits per heavy atom. The van der Waals surface area contributed by atoms with Gasteiger partial charge in [0.05, 0.1) is 5.56 Å². The van der Waals surface area contributed by atoms with Gasteiger partial charge in [0, 0.05) is 11.6 Å². The van der Waals surface area contributed by atoms with Crippen molar-refractivity contribution in [1.29, 1.82) is 0 Å². The van der Waals surface area contributed by atoms with Crippen LogP contribution in [-0.4, -0.2) is 17.0 Å². The second-order valence-electron chi connectivity index (χ2n) is 4.19. The molecule has 0 aliphatic heterocycles. The number of aromatic carboxylic acids is 1. The van der Waals surface area contributed by atoms with Gasteiger partial charge in [-0.2, -0.15) is 0 Å². The second kappa shape index (κ2) is 3.96. The number of hydrogen-bond donors (Lipinski definition) is 2. The SMILES string of the molecule is CC1CC1C(=O)Nc1ccc(C(=O)O)cc1. The van der Waals surface area contributed by atoms with E-state index in [0.29, 0.717) is 11.6 Å². The molecule has 1 amide bonds. The van der Waals surface area contributed by atoms with E-state index >= 15 is 0 Å². The van der Waals surface area contributed by atoms with Crippen molar-refractivity contribution in [2.24, 2.45) is 11.8 Å². The van der Waals surface area contributed by atoms with E-state index < -0.39 is 5.97 Å². The average molecular weight is 219 g/mol. The van der Waals surface area contributed by atoms with Crippen molar-refractivity contribution in [2.45, 2.75) is 13.3 Å². The highest BCUT2D eigenvalue weighted by molar-refractivity contribution is 5.95. The summed E-state index contributed by atoms with van der Waals surface area (Å²) in [6, 6.07) is 6.17. The molecule has 4 nitrogen and oxygen atoms in total. The Morgan fingerprint density at radius 2 is 1.88 bits per heavy atom. The molecule has 1 aromatic rings. The minimum absolute atomic E-state index is 0.0237. The lowest BCUT2D eigenvalue weighted by atomic mass is 10.2. The number of carboxylic acid groups (broad SMARTS) is 1. The molecule has 1 aliphatic carbocycles. The fraction of sp³-hybridized carbons (Fsp3) is 0.333. The molecule has 1 aliphatic rings. The van der Waals surface area contributed by atoms with Gasteiger partial charge in [0.25, 0.3) is 0 Å². The first kappa shape index (κ1) is 10.7. The highest BCUT2D eigenvalue weighted by Crippen LogP contribution is 2.38. The van der Waals surface area contributed by atoms with Crippen LogP contribution in [0.15, 0.2) is 24.3 Å². The Kier molecular flexibility index (Phi) is 2.64. The van der Waals surface area contributed by atoms with Gasteiger partial charge in [0.2, 0.25) is 5.91 Å². The number of rotatable bonds is 3. The van der Waals surface area contributed by atoms with Crippen molar-refractivity contribution >= 4 is 17.6 Å². The zero-order valence-corrected chi connectivity index (χ0v) is 8.93. The maximum Gasteiger partial charge on any atom is 0.335 e. The molecule has 0 spiro atoms. The number of hydrogen-bond acceptors (Lipinski definition) is 2. The van der Waals surface area contributed by atoms with Crippen molar-refractivity contribution < 1.29 is 14.7 Å². The average Bonchev–Trinajstić information content (AvgIpc) is 2.96. The van der Waals surface area contributed by atoms with Gasteiger partial charge in [-0.1, -0.05) is 6.92 Å². The predicted molar refractivity (Wildman–Crippen MR) is 59.3 cm³/mol.